The monoisotopic (exact) mass is 248 g/mol. The van der Waals surface area contributed by atoms with E-state index in [0.29, 0.717) is 13.2 Å². The van der Waals surface area contributed by atoms with Gasteiger partial charge in [-0.1, -0.05) is 18.2 Å². The molecule has 0 aromatic heterocycles. The molecule has 0 atom stereocenters. The Kier molecular flexibility index (Phi) is 3.92. The minimum Gasteiger partial charge on any atom is -0.486 e. The lowest BCUT2D eigenvalue weighted by Gasteiger charge is -2.18. The minimum atomic E-state index is -0.600. The molecule has 98 valence electrons. The van der Waals surface area contributed by atoms with Gasteiger partial charge < -0.3 is 14.6 Å². The highest BCUT2D eigenvalue weighted by Gasteiger charge is 2.11. The van der Waals surface area contributed by atoms with Gasteiger partial charge in [-0.3, -0.25) is 0 Å². The molecule has 3 heteroatoms. The predicted octanol–water partition coefficient (Wildman–Crippen LogP) is 3.02. The molecule has 1 N–H and O–H groups in total. The van der Waals surface area contributed by atoms with Crippen LogP contribution in [0, 0.1) is 0 Å². The Morgan fingerprint density at radius 2 is 1.94 bits per heavy atom. The summed E-state index contributed by atoms with van der Waals surface area (Å²) in [5, 5.41) is 9.60. The molecule has 18 heavy (non-hydrogen) atoms. The summed E-state index contributed by atoms with van der Waals surface area (Å²) < 4.78 is 11.0. The van der Waals surface area contributed by atoms with Crippen molar-refractivity contribution in [3.8, 4) is 11.5 Å². The van der Waals surface area contributed by atoms with Gasteiger partial charge >= 0.3 is 0 Å². The number of hydrogen-bond acceptors (Lipinski definition) is 3. The van der Waals surface area contributed by atoms with Gasteiger partial charge in [0.05, 0.1) is 5.60 Å². The standard InChI is InChI=1S/C15H20O3/c1-15(2,16)8-4-3-5-12-6-7-13-14(11-12)18-10-9-17-13/h3,5-7,11,16H,4,8-10H2,1-2H3/b5-3+. The molecule has 0 radical (unpaired) electrons. The van der Waals surface area contributed by atoms with Crippen molar-refractivity contribution in [1.82, 2.24) is 0 Å². The molecule has 1 aliphatic heterocycles. The topological polar surface area (TPSA) is 38.7 Å². The van der Waals surface area contributed by atoms with Crippen molar-refractivity contribution in [3.05, 3.63) is 29.8 Å². The zero-order chi connectivity index (χ0) is 13.0. The second kappa shape index (κ2) is 5.44. The summed E-state index contributed by atoms with van der Waals surface area (Å²) in [4.78, 5) is 0. The van der Waals surface area contributed by atoms with Crippen LogP contribution >= 0.6 is 0 Å². The van der Waals surface area contributed by atoms with E-state index in [1.54, 1.807) is 0 Å². The van der Waals surface area contributed by atoms with E-state index in [2.05, 4.69) is 6.08 Å². The number of fused-ring (bicyclic) bond motifs is 1. The van der Waals surface area contributed by atoms with Gasteiger partial charge in [-0.05, 0) is 44.4 Å². The van der Waals surface area contributed by atoms with Gasteiger partial charge in [-0.25, -0.2) is 0 Å². The molecule has 1 aliphatic rings. The highest BCUT2D eigenvalue weighted by molar-refractivity contribution is 5.56. The van der Waals surface area contributed by atoms with Gasteiger partial charge in [0, 0.05) is 0 Å². The normalized spacial score (nSPS) is 15.1. The van der Waals surface area contributed by atoms with Crippen molar-refractivity contribution in [2.24, 2.45) is 0 Å². The van der Waals surface area contributed by atoms with Crippen molar-refractivity contribution in [1.29, 1.82) is 0 Å². The number of ether oxygens (including phenoxy) is 2. The third kappa shape index (κ3) is 3.77. The van der Waals surface area contributed by atoms with Crippen molar-refractivity contribution >= 4 is 6.08 Å². The number of hydrogen-bond donors (Lipinski definition) is 1. The Labute approximate surface area is 108 Å². The summed E-state index contributed by atoms with van der Waals surface area (Å²) in [6.45, 7) is 4.88. The first-order chi connectivity index (χ1) is 8.54. The van der Waals surface area contributed by atoms with Gasteiger partial charge in [-0.2, -0.15) is 0 Å². The molecule has 2 rings (SSSR count). The molecule has 0 saturated carbocycles. The van der Waals surface area contributed by atoms with E-state index in [1.165, 1.54) is 0 Å². The lowest BCUT2D eigenvalue weighted by atomic mass is 10.0. The van der Waals surface area contributed by atoms with Crippen LogP contribution in [-0.4, -0.2) is 23.9 Å². The molecule has 0 aliphatic carbocycles. The molecule has 3 nitrogen and oxygen atoms in total. The van der Waals surface area contributed by atoms with Gasteiger partial charge in [0.2, 0.25) is 0 Å². The summed E-state index contributed by atoms with van der Waals surface area (Å²) in [6, 6.07) is 5.92. The summed E-state index contributed by atoms with van der Waals surface area (Å²) in [5.41, 5.74) is 0.493. The van der Waals surface area contributed by atoms with E-state index in [-0.39, 0.29) is 0 Å². The fourth-order valence-corrected chi connectivity index (χ4v) is 1.82. The van der Waals surface area contributed by atoms with E-state index in [9.17, 15) is 5.11 Å². The van der Waals surface area contributed by atoms with Crippen LogP contribution < -0.4 is 9.47 Å². The van der Waals surface area contributed by atoms with Crippen LogP contribution in [0.15, 0.2) is 24.3 Å². The molecule has 1 aromatic rings. The van der Waals surface area contributed by atoms with E-state index in [4.69, 9.17) is 9.47 Å². The SMILES string of the molecule is CC(C)(O)CC/C=C/c1ccc2c(c1)OCCO2. The van der Waals surface area contributed by atoms with E-state index < -0.39 is 5.60 Å². The summed E-state index contributed by atoms with van der Waals surface area (Å²) >= 11 is 0. The minimum absolute atomic E-state index is 0.600. The maximum atomic E-state index is 9.60. The fraction of sp³-hybridized carbons (Fsp3) is 0.467. The Balaban J connectivity index is 1.95. The quantitative estimate of drug-likeness (QED) is 0.890. The lowest BCUT2D eigenvalue weighted by Crippen LogP contribution is -2.17. The van der Waals surface area contributed by atoms with Gasteiger partial charge in [-0.15, -0.1) is 0 Å². The number of rotatable bonds is 4. The Morgan fingerprint density at radius 1 is 1.22 bits per heavy atom. The van der Waals surface area contributed by atoms with E-state index in [1.807, 2.05) is 38.1 Å². The Bertz CT molecular complexity index is 430. The number of aliphatic hydroxyl groups is 1. The van der Waals surface area contributed by atoms with Gasteiger partial charge in [0.25, 0.3) is 0 Å². The molecular formula is C15H20O3. The van der Waals surface area contributed by atoms with Crippen LogP contribution in [0.4, 0.5) is 0 Å². The zero-order valence-corrected chi connectivity index (χ0v) is 11.0. The fourth-order valence-electron chi connectivity index (χ4n) is 1.82. The molecule has 0 amide bonds. The summed E-state index contributed by atoms with van der Waals surface area (Å²) in [5.74, 6) is 1.63. The number of allylic oxidation sites excluding steroid dienone is 1. The lowest BCUT2D eigenvalue weighted by molar-refractivity contribution is 0.0722. The van der Waals surface area contributed by atoms with Crippen LogP contribution in [0.2, 0.25) is 0 Å². The first kappa shape index (κ1) is 13.0. The van der Waals surface area contributed by atoms with Crippen LogP contribution in [0.3, 0.4) is 0 Å². The molecule has 1 heterocycles. The van der Waals surface area contributed by atoms with Crippen molar-refractivity contribution in [3.63, 3.8) is 0 Å². The van der Waals surface area contributed by atoms with Gasteiger partial charge in [0.15, 0.2) is 11.5 Å². The number of benzene rings is 1. The average Bonchev–Trinajstić information content (AvgIpc) is 2.33. The second-order valence-electron chi connectivity index (χ2n) is 5.16. The second-order valence-corrected chi connectivity index (χ2v) is 5.16. The predicted molar refractivity (Wildman–Crippen MR) is 72.0 cm³/mol. The molecule has 0 saturated heterocycles. The summed E-state index contributed by atoms with van der Waals surface area (Å²) in [7, 11) is 0. The molecule has 0 unspecified atom stereocenters. The third-order valence-corrected chi connectivity index (χ3v) is 2.80. The Morgan fingerprint density at radius 3 is 2.67 bits per heavy atom. The maximum absolute atomic E-state index is 9.60. The van der Waals surface area contributed by atoms with E-state index >= 15 is 0 Å². The molecule has 0 fully saturated rings. The molecular weight excluding hydrogens is 228 g/mol. The first-order valence-electron chi connectivity index (χ1n) is 6.33. The third-order valence-electron chi connectivity index (χ3n) is 2.80. The van der Waals surface area contributed by atoms with Crippen molar-refractivity contribution in [2.45, 2.75) is 32.3 Å². The van der Waals surface area contributed by atoms with Crippen LogP contribution in [0.5, 0.6) is 11.5 Å². The van der Waals surface area contributed by atoms with Crippen molar-refractivity contribution < 1.29 is 14.6 Å². The van der Waals surface area contributed by atoms with Gasteiger partial charge in [0.1, 0.15) is 13.2 Å². The van der Waals surface area contributed by atoms with Crippen LogP contribution in [0.1, 0.15) is 32.3 Å². The Hall–Kier alpha value is -1.48. The first-order valence-corrected chi connectivity index (χ1v) is 6.33. The van der Waals surface area contributed by atoms with Crippen molar-refractivity contribution in [2.75, 3.05) is 13.2 Å². The smallest absolute Gasteiger partial charge is 0.161 e. The maximum Gasteiger partial charge on any atom is 0.161 e. The zero-order valence-electron chi connectivity index (χ0n) is 11.0. The van der Waals surface area contributed by atoms with E-state index in [0.717, 1.165) is 29.9 Å². The largest absolute Gasteiger partial charge is 0.486 e. The molecule has 0 spiro atoms. The summed E-state index contributed by atoms with van der Waals surface area (Å²) in [6.07, 6.45) is 5.74. The highest BCUT2D eigenvalue weighted by Crippen LogP contribution is 2.31. The highest BCUT2D eigenvalue weighted by atomic mass is 16.6. The average molecular weight is 248 g/mol. The van der Waals surface area contributed by atoms with Crippen LogP contribution in [0.25, 0.3) is 6.08 Å². The molecule has 1 aromatic carbocycles. The van der Waals surface area contributed by atoms with Crippen LogP contribution in [-0.2, 0) is 0 Å². The molecule has 0 bridgehead atoms.